The predicted molar refractivity (Wildman–Crippen MR) is 198 cm³/mol. The Bertz CT molecular complexity index is 827. The highest BCUT2D eigenvalue weighted by Crippen LogP contribution is 2.22. The zero-order valence-corrected chi connectivity index (χ0v) is 31.5. The van der Waals surface area contributed by atoms with Crippen molar-refractivity contribution < 1.29 is 9.47 Å². The number of methoxy groups -OCH3 is 2. The maximum atomic E-state index is 5.51. The number of rotatable bonds is 26. The van der Waals surface area contributed by atoms with Gasteiger partial charge in [0.1, 0.15) is 0 Å². The fourth-order valence-corrected chi connectivity index (χ4v) is 5.25. The normalized spacial score (nSPS) is 17.8. The number of hydrogen-bond donors (Lipinski definition) is 0. The highest BCUT2D eigenvalue weighted by atomic mass is 16.5. The summed E-state index contributed by atoms with van der Waals surface area (Å²) in [6.07, 6.45) is 38.3. The summed E-state index contributed by atoms with van der Waals surface area (Å²) in [6.45, 7) is 22.7. The molecule has 0 aliphatic carbocycles. The maximum Gasteiger partial charge on any atom is 0.0657 e. The standard InChI is InChI=1S/C42H76O2/c1-35(23-15-25-37(3)27-17-29-39(5)31-19-33-41(7,8)43-11)21-13-14-22-36(2)24-16-26-38(4)28-18-30-40(6)32-20-34-42(9,10)44-12/h13,16,18-21,26,28,31-32,35-40H,14-15,17,22-25,27,29-30,33-34H2,1-12H3/b21-13+,26-16+,28-18+,31-19+,32-20+. The van der Waals surface area contributed by atoms with Crippen LogP contribution in [-0.4, -0.2) is 25.4 Å². The van der Waals surface area contributed by atoms with Crippen LogP contribution in [-0.2, 0) is 9.47 Å². The van der Waals surface area contributed by atoms with Gasteiger partial charge in [0, 0.05) is 14.2 Å². The largest absolute Gasteiger partial charge is 0.378 e. The molecule has 0 fully saturated rings. The van der Waals surface area contributed by atoms with Crippen LogP contribution in [0.2, 0.25) is 0 Å². The van der Waals surface area contributed by atoms with E-state index in [1.165, 1.54) is 57.8 Å². The minimum atomic E-state index is -0.0731. The molecular formula is C42H76O2. The van der Waals surface area contributed by atoms with Crippen molar-refractivity contribution in [2.45, 2.75) is 157 Å². The molecule has 0 aromatic carbocycles. The van der Waals surface area contributed by atoms with Gasteiger partial charge in [-0.15, -0.1) is 0 Å². The summed E-state index contributed by atoms with van der Waals surface area (Å²) in [5.41, 5.74) is -0.124. The highest BCUT2D eigenvalue weighted by Gasteiger charge is 2.14. The molecule has 0 radical (unpaired) electrons. The molecule has 0 N–H and O–H groups in total. The molecule has 0 heterocycles. The monoisotopic (exact) mass is 613 g/mol. The van der Waals surface area contributed by atoms with Crippen molar-refractivity contribution in [3.63, 3.8) is 0 Å². The van der Waals surface area contributed by atoms with Crippen molar-refractivity contribution in [2.75, 3.05) is 14.2 Å². The van der Waals surface area contributed by atoms with Crippen LogP contribution in [0.3, 0.4) is 0 Å². The van der Waals surface area contributed by atoms with Crippen LogP contribution in [0, 0.1) is 35.5 Å². The van der Waals surface area contributed by atoms with Crippen molar-refractivity contribution in [1.29, 1.82) is 0 Å². The van der Waals surface area contributed by atoms with Crippen molar-refractivity contribution >= 4 is 0 Å². The van der Waals surface area contributed by atoms with Crippen LogP contribution in [0.5, 0.6) is 0 Å². The Morgan fingerprint density at radius 3 is 1.43 bits per heavy atom. The summed E-state index contributed by atoms with van der Waals surface area (Å²) >= 11 is 0. The zero-order chi connectivity index (χ0) is 33.4. The van der Waals surface area contributed by atoms with Gasteiger partial charge in [0.05, 0.1) is 11.2 Å². The van der Waals surface area contributed by atoms with E-state index in [0.29, 0.717) is 23.7 Å². The van der Waals surface area contributed by atoms with Crippen LogP contribution >= 0.6 is 0 Å². The number of ether oxygens (including phenoxy) is 2. The first-order valence-corrected chi connectivity index (χ1v) is 18.1. The molecule has 0 rings (SSSR count). The molecule has 0 bridgehead atoms. The third kappa shape index (κ3) is 25.9. The maximum absolute atomic E-state index is 5.51. The first kappa shape index (κ1) is 42.6. The Hall–Kier alpha value is -1.38. The van der Waals surface area contributed by atoms with E-state index in [9.17, 15) is 0 Å². The second kappa shape index (κ2) is 24.8. The molecular weight excluding hydrogens is 536 g/mol. The molecule has 6 unspecified atom stereocenters. The van der Waals surface area contributed by atoms with Crippen LogP contribution in [0.25, 0.3) is 0 Å². The van der Waals surface area contributed by atoms with E-state index in [1.807, 2.05) is 0 Å². The average Bonchev–Trinajstić information content (AvgIpc) is 2.95. The molecule has 0 saturated carbocycles. The van der Waals surface area contributed by atoms with Crippen LogP contribution < -0.4 is 0 Å². The Morgan fingerprint density at radius 2 is 0.932 bits per heavy atom. The summed E-state index contributed by atoms with van der Waals surface area (Å²) in [4.78, 5) is 0. The molecule has 2 heteroatoms. The lowest BCUT2D eigenvalue weighted by Crippen LogP contribution is -2.20. The van der Waals surface area contributed by atoms with Crippen LogP contribution in [0.1, 0.15) is 146 Å². The Morgan fingerprint density at radius 1 is 0.477 bits per heavy atom. The quantitative estimate of drug-likeness (QED) is 0.0905. The van der Waals surface area contributed by atoms with Gasteiger partial charge in [-0.1, -0.05) is 128 Å². The van der Waals surface area contributed by atoms with E-state index < -0.39 is 0 Å². The fraction of sp³-hybridized carbons (Fsp3) is 0.762. The topological polar surface area (TPSA) is 18.5 Å². The molecule has 0 amide bonds. The number of hydrogen-bond acceptors (Lipinski definition) is 2. The molecule has 0 spiro atoms. The molecule has 44 heavy (non-hydrogen) atoms. The second-order valence-electron chi connectivity index (χ2n) is 15.4. The summed E-state index contributed by atoms with van der Waals surface area (Å²) in [7, 11) is 3.58. The predicted octanol–water partition coefficient (Wildman–Crippen LogP) is 13.1. The van der Waals surface area contributed by atoms with Crippen molar-refractivity contribution in [3.05, 3.63) is 60.8 Å². The van der Waals surface area contributed by atoms with Gasteiger partial charge >= 0.3 is 0 Å². The molecule has 0 aromatic rings. The first-order chi connectivity index (χ1) is 20.7. The lowest BCUT2D eigenvalue weighted by Gasteiger charge is -2.20. The summed E-state index contributed by atoms with van der Waals surface area (Å²) in [5.74, 6) is 4.00. The first-order valence-electron chi connectivity index (χ1n) is 18.1. The lowest BCUT2D eigenvalue weighted by atomic mass is 9.92. The Balaban J connectivity index is 4.02. The zero-order valence-electron chi connectivity index (χ0n) is 31.5. The Kier molecular flexibility index (Phi) is 24.0. The van der Waals surface area contributed by atoms with Gasteiger partial charge in [-0.3, -0.25) is 0 Å². The van der Waals surface area contributed by atoms with Crippen LogP contribution in [0.4, 0.5) is 0 Å². The molecule has 6 atom stereocenters. The summed E-state index contributed by atoms with van der Waals surface area (Å²) in [6, 6.07) is 0. The molecule has 2 nitrogen and oxygen atoms in total. The SMILES string of the molecule is COC(C)(C)C/C=C/C(C)C/C=C/C(C)/C=C/CC(C)CC/C=C/C(C)CCCC(C)CCCC(C)/C=C/CC(C)(C)OC. The van der Waals surface area contributed by atoms with E-state index in [1.54, 1.807) is 14.2 Å². The van der Waals surface area contributed by atoms with Gasteiger partial charge in [-0.05, 0) is 115 Å². The molecule has 0 aliphatic rings. The average molecular weight is 613 g/mol. The van der Waals surface area contributed by atoms with Gasteiger partial charge < -0.3 is 9.47 Å². The smallest absolute Gasteiger partial charge is 0.0657 e. The number of allylic oxidation sites excluding steroid dienone is 8. The third-order valence-electron chi connectivity index (χ3n) is 9.18. The highest BCUT2D eigenvalue weighted by molar-refractivity contribution is 5.01. The van der Waals surface area contributed by atoms with Crippen molar-refractivity contribution in [2.24, 2.45) is 35.5 Å². The second-order valence-corrected chi connectivity index (χ2v) is 15.4. The third-order valence-corrected chi connectivity index (χ3v) is 9.18. The molecule has 0 aromatic heterocycles. The van der Waals surface area contributed by atoms with Crippen LogP contribution in [0.15, 0.2) is 60.8 Å². The van der Waals surface area contributed by atoms with E-state index in [0.717, 1.165) is 31.1 Å². The summed E-state index contributed by atoms with van der Waals surface area (Å²) < 4.78 is 11.0. The van der Waals surface area contributed by atoms with Gasteiger partial charge in [-0.25, -0.2) is 0 Å². The van der Waals surface area contributed by atoms with E-state index in [2.05, 4.69) is 130 Å². The molecule has 256 valence electrons. The van der Waals surface area contributed by atoms with E-state index >= 15 is 0 Å². The van der Waals surface area contributed by atoms with Gasteiger partial charge in [0.2, 0.25) is 0 Å². The molecule has 0 aliphatic heterocycles. The van der Waals surface area contributed by atoms with Crippen molar-refractivity contribution in [3.8, 4) is 0 Å². The van der Waals surface area contributed by atoms with Gasteiger partial charge in [-0.2, -0.15) is 0 Å². The summed E-state index contributed by atoms with van der Waals surface area (Å²) in [5, 5.41) is 0. The van der Waals surface area contributed by atoms with E-state index in [-0.39, 0.29) is 11.2 Å². The van der Waals surface area contributed by atoms with Gasteiger partial charge in [0.25, 0.3) is 0 Å². The van der Waals surface area contributed by atoms with Gasteiger partial charge in [0.15, 0.2) is 0 Å². The minimum Gasteiger partial charge on any atom is -0.378 e. The van der Waals surface area contributed by atoms with Crippen molar-refractivity contribution in [1.82, 2.24) is 0 Å². The lowest BCUT2D eigenvalue weighted by molar-refractivity contribution is 0.0251. The molecule has 0 saturated heterocycles. The minimum absolute atomic E-state index is 0.0512. The Labute approximate surface area is 276 Å². The van der Waals surface area contributed by atoms with E-state index in [4.69, 9.17) is 9.47 Å². The fourth-order valence-electron chi connectivity index (χ4n) is 5.25.